The van der Waals surface area contributed by atoms with Crippen LogP contribution in [-0.2, 0) is 19.3 Å². The number of ether oxygens (including phenoxy) is 2. The maximum atomic E-state index is 12.9. The molecular weight excluding hydrogens is 526 g/mol. The summed E-state index contributed by atoms with van der Waals surface area (Å²) in [5, 5.41) is -1.30. The van der Waals surface area contributed by atoms with Crippen LogP contribution in [0.1, 0.15) is 73.1 Å². The zero-order valence-electron chi connectivity index (χ0n) is 23.0. The molecule has 0 radical (unpaired) electrons. The van der Waals surface area contributed by atoms with Gasteiger partial charge in [-0.1, -0.05) is 19.1 Å². The molecule has 10 heteroatoms. The van der Waals surface area contributed by atoms with Crippen molar-refractivity contribution in [3.05, 3.63) is 35.7 Å². The maximum Gasteiger partial charge on any atom is 0.410 e. The topological polar surface area (TPSA) is 97.6 Å². The monoisotopic (exact) mass is 565 g/mol. The SMILES string of the molecule is CC1=C(/N=C2C=CC(S(=O)(=O)C3CC3)C(C)C2Cl)CC\C=C/N=C/1OC1CCN(C(=O)OC(C)(C)C)CC1. The largest absolute Gasteiger partial charge is 0.474 e. The first kappa shape index (κ1) is 28.9. The molecule has 0 aromatic carbocycles. The summed E-state index contributed by atoms with van der Waals surface area (Å²) in [5.74, 6) is 0.254. The molecule has 0 spiro atoms. The first-order valence-corrected chi connectivity index (χ1v) is 15.6. The minimum atomic E-state index is -3.21. The van der Waals surface area contributed by atoms with Crippen molar-refractivity contribution in [2.75, 3.05) is 13.1 Å². The Bertz CT molecular complexity index is 1170. The van der Waals surface area contributed by atoms with E-state index in [9.17, 15) is 13.2 Å². The van der Waals surface area contributed by atoms with Gasteiger partial charge in [0.05, 0.1) is 21.6 Å². The number of carbonyl (C=O) groups excluding carboxylic acids is 1. The van der Waals surface area contributed by atoms with Crippen molar-refractivity contribution in [3.63, 3.8) is 0 Å². The molecule has 8 nitrogen and oxygen atoms in total. The van der Waals surface area contributed by atoms with Gasteiger partial charge in [0, 0.05) is 43.4 Å². The number of halogens is 1. The van der Waals surface area contributed by atoms with Crippen LogP contribution in [0.15, 0.2) is 45.7 Å². The summed E-state index contributed by atoms with van der Waals surface area (Å²) < 4.78 is 37.5. The van der Waals surface area contributed by atoms with Gasteiger partial charge in [-0.2, -0.15) is 0 Å². The van der Waals surface area contributed by atoms with Crippen LogP contribution < -0.4 is 0 Å². The van der Waals surface area contributed by atoms with Crippen LogP contribution in [-0.4, -0.2) is 71.7 Å². The van der Waals surface area contributed by atoms with Crippen LogP contribution in [0, 0.1) is 5.92 Å². The molecule has 0 aromatic heterocycles. The summed E-state index contributed by atoms with van der Waals surface area (Å²) in [5.41, 5.74) is 1.82. The van der Waals surface area contributed by atoms with E-state index in [0.717, 1.165) is 30.5 Å². The number of sulfone groups is 1. The molecule has 0 N–H and O–H groups in total. The van der Waals surface area contributed by atoms with Gasteiger partial charge in [-0.15, -0.1) is 11.6 Å². The molecular formula is C28H40ClN3O5S. The number of rotatable bonds is 4. The van der Waals surface area contributed by atoms with E-state index in [1.165, 1.54) is 0 Å². The fourth-order valence-electron chi connectivity index (χ4n) is 4.90. The number of hydrogen-bond acceptors (Lipinski definition) is 7. The number of hydrogen-bond donors (Lipinski definition) is 0. The number of nitrogens with zero attached hydrogens (tertiary/aromatic N) is 3. The number of aliphatic imine (C=N–C) groups is 2. The smallest absolute Gasteiger partial charge is 0.410 e. The molecule has 1 amide bonds. The molecule has 38 heavy (non-hydrogen) atoms. The zero-order chi connectivity index (χ0) is 27.7. The van der Waals surface area contributed by atoms with E-state index < -0.39 is 26.1 Å². The lowest BCUT2D eigenvalue weighted by Crippen LogP contribution is -2.43. The number of likely N-dealkylation sites (tertiary alicyclic amines) is 1. The van der Waals surface area contributed by atoms with Crippen molar-refractivity contribution < 1.29 is 22.7 Å². The number of amides is 1. The molecule has 0 bridgehead atoms. The average Bonchev–Trinajstić information content (AvgIpc) is 3.69. The van der Waals surface area contributed by atoms with Gasteiger partial charge < -0.3 is 14.4 Å². The Hall–Kier alpha value is -2.13. The Labute approximate surface area is 231 Å². The highest BCUT2D eigenvalue weighted by Crippen LogP contribution is 2.38. The molecule has 2 aliphatic carbocycles. The van der Waals surface area contributed by atoms with E-state index in [4.69, 9.17) is 26.1 Å². The predicted octanol–water partition coefficient (Wildman–Crippen LogP) is 5.58. The van der Waals surface area contributed by atoms with Crippen molar-refractivity contribution in [2.24, 2.45) is 15.9 Å². The second-order valence-corrected chi connectivity index (χ2v) is 14.5. The molecule has 2 aliphatic heterocycles. The molecule has 2 heterocycles. The highest BCUT2D eigenvalue weighted by Gasteiger charge is 2.45. The molecule has 1 saturated heterocycles. The number of piperidine rings is 1. The zero-order valence-corrected chi connectivity index (χ0v) is 24.6. The normalized spacial score (nSPS) is 32.8. The molecule has 4 aliphatic rings. The molecule has 3 atom stereocenters. The van der Waals surface area contributed by atoms with E-state index in [-0.39, 0.29) is 23.4 Å². The van der Waals surface area contributed by atoms with Gasteiger partial charge in [-0.3, -0.25) is 4.99 Å². The Morgan fingerprint density at radius 3 is 2.50 bits per heavy atom. The van der Waals surface area contributed by atoms with E-state index in [0.29, 0.717) is 44.0 Å². The molecule has 210 valence electrons. The molecule has 1 saturated carbocycles. The highest BCUT2D eigenvalue weighted by atomic mass is 35.5. The first-order chi connectivity index (χ1) is 17.9. The summed E-state index contributed by atoms with van der Waals surface area (Å²) in [6.45, 7) is 10.5. The highest BCUT2D eigenvalue weighted by molar-refractivity contribution is 7.93. The van der Waals surface area contributed by atoms with Crippen LogP contribution in [0.2, 0.25) is 0 Å². The summed E-state index contributed by atoms with van der Waals surface area (Å²) in [6.07, 6.45) is 11.2. The lowest BCUT2D eigenvalue weighted by atomic mass is 9.93. The molecule has 4 rings (SSSR count). The van der Waals surface area contributed by atoms with Crippen molar-refractivity contribution in [3.8, 4) is 0 Å². The van der Waals surface area contributed by atoms with Gasteiger partial charge in [0.25, 0.3) is 0 Å². The number of allylic oxidation sites excluding steroid dienone is 3. The van der Waals surface area contributed by atoms with Gasteiger partial charge >= 0.3 is 6.09 Å². The van der Waals surface area contributed by atoms with Crippen LogP contribution in [0.5, 0.6) is 0 Å². The summed E-state index contributed by atoms with van der Waals surface area (Å²) >= 11 is 6.78. The Balaban J connectivity index is 1.47. The second kappa shape index (κ2) is 11.5. The van der Waals surface area contributed by atoms with Crippen molar-refractivity contribution in [1.82, 2.24) is 4.90 Å². The van der Waals surface area contributed by atoms with E-state index >= 15 is 0 Å². The molecule has 0 aromatic rings. The van der Waals surface area contributed by atoms with Gasteiger partial charge in [0.15, 0.2) is 9.84 Å². The predicted molar refractivity (Wildman–Crippen MR) is 152 cm³/mol. The van der Waals surface area contributed by atoms with E-state index in [1.54, 1.807) is 23.3 Å². The first-order valence-electron chi connectivity index (χ1n) is 13.6. The number of carbonyl (C=O) groups is 1. The summed E-state index contributed by atoms with van der Waals surface area (Å²) in [6, 6.07) is 0. The average molecular weight is 566 g/mol. The van der Waals surface area contributed by atoms with Crippen LogP contribution >= 0.6 is 11.6 Å². The van der Waals surface area contributed by atoms with Gasteiger partial charge in [0.1, 0.15) is 11.7 Å². The third kappa shape index (κ3) is 6.89. The maximum absolute atomic E-state index is 12.9. The lowest BCUT2D eigenvalue weighted by Gasteiger charge is -2.33. The van der Waals surface area contributed by atoms with Crippen LogP contribution in [0.3, 0.4) is 0 Å². The van der Waals surface area contributed by atoms with Gasteiger partial charge in [-0.05, 0) is 65.4 Å². The Kier molecular flexibility index (Phi) is 8.77. The Morgan fingerprint density at radius 1 is 1.18 bits per heavy atom. The third-order valence-corrected chi connectivity index (χ3v) is 10.7. The van der Waals surface area contributed by atoms with Crippen molar-refractivity contribution in [1.29, 1.82) is 0 Å². The van der Waals surface area contributed by atoms with Crippen LogP contribution in [0.4, 0.5) is 4.79 Å². The molecule has 3 unspecified atom stereocenters. The van der Waals surface area contributed by atoms with E-state index in [2.05, 4.69) is 4.99 Å². The second-order valence-electron chi connectivity index (χ2n) is 11.6. The lowest BCUT2D eigenvalue weighted by molar-refractivity contribution is 0.0116. The summed E-state index contributed by atoms with van der Waals surface area (Å²) in [4.78, 5) is 23.6. The van der Waals surface area contributed by atoms with Crippen molar-refractivity contribution >= 4 is 39.1 Å². The quantitative estimate of drug-likeness (QED) is 0.414. The fourth-order valence-corrected chi connectivity index (χ4v) is 7.56. The van der Waals surface area contributed by atoms with E-state index in [1.807, 2.05) is 40.7 Å². The third-order valence-electron chi connectivity index (χ3n) is 7.32. The molecule has 2 fully saturated rings. The minimum absolute atomic E-state index is 0.0760. The van der Waals surface area contributed by atoms with Crippen molar-refractivity contribution in [2.45, 2.75) is 101 Å². The van der Waals surface area contributed by atoms with Gasteiger partial charge in [0.2, 0.25) is 5.90 Å². The standard InChI is InChI=1S/C28H40ClN3O5S/c1-18-22(31-23-11-12-24(19(2)25(23)29)38(34,35)21-9-10-21)8-6-7-15-30-26(18)36-20-13-16-32(17-14-20)27(33)37-28(3,4)5/h7,11-12,15,19-21,24-25H,6,8-10,13-14,16-17H2,1-5H3/b15-7-,22-18+,30-26-,31-23?. The Morgan fingerprint density at radius 2 is 1.87 bits per heavy atom. The fraction of sp³-hybridized carbons (Fsp3) is 0.679. The van der Waals surface area contributed by atoms with Crippen LogP contribution in [0.25, 0.3) is 0 Å². The minimum Gasteiger partial charge on any atom is -0.474 e. The number of alkyl halides is 1. The summed E-state index contributed by atoms with van der Waals surface area (Å²) in [7, 11) is -3.21. The van der Waals surface area contributed by atoms with Gasteiger partial charge in [-0.25, -0.2) is 18.2 Å².